The van der Waals surface area contributed by atoms with Crippen molar-refractivity contribution in [1.82, 2.24) is 9.55 Å². The van der Waals surface area contributed by atoms with Crippen molar-refractivity contribution in [3.05, 3.63) is 119 Å². The maximum absolute atomic E-state index is 14.2. The molecular weight excluding hydrogens is 509 g/mol. The summed E-state index contributed by atoms with van der Waals surface area (Å²) in [7, 11) is 0. The maximum Gasteiger partial charge on any atom is 0.417 e. The zero-order valence-corrected chi connectivity index (χ0v) is 20.3. The van der Waals surface area contributed by atoms with E-state index in [-0.39, 0.29) is 11.5 Å². The Kier molecular flexibility index (Phi) is 7.00. The maximum atomic E-state index is 14.2. The highest BCUT2D eigenvalue weighted by Crippen LogP contribution is 2.37. The number of aromatic nitrogens is 2. The fourth-order valence-corrected chi connectivity index (χ4v) is 4.04. The number of nitrogens with zero attached hydrogens (tertiary/aromatic N) is 2. The number of ether oxygens (including phenoxy) is 1. The average Bonchev–Trinajstić information content (AvgIpc) is 2.93. The lowest BCUT2D eigenvalue weighted by molar-refractivity contribution is -0.136. The number of hydrogen-bond acceptors (Lipinski definition) is 5. The molecule has 2 aromatic heterocycles. The van der Waals surface area contributed by atoms with Crippen LogP contribution in [0.1, 0.15) is 5.56 Å². The summed E-state index contributed by atoms with van der Waals surface area (Å²) in [5.74, 6) is -0.847. The summed E-state index contributed by atoms with van der Waals surface area (Å²) < 4.78 is 49.5. The van der Waals surface area contributed by atoms with Crippen LogP contribution in [0, 0.1) is 0 Å². The largest absolute Gasteiger partial charge is 0.467 e. The number of para-hydroxylation sites is 3. The van der Waals surface area contributed by atoms with E-state index in [1.54, 1.807) is 84.9 Å². The van der Waals surface area contributed by atoms with E-state index in [1.165, 1.54) is 4.57 Å². The molecule has 39 heavy (non-hydrogen) atoms. The van der Waals surface area contributed by atoms with Crippen LogP contribution in [0.5, 0.6) is 5.88 Å². The van der Waals surface area contributed by atoms with E-state index in [9.17, 15) is 22.8 Å². The molecule has 5 rings (SSSR count). The molecule has 0 fully saturated rings. The quantitative estimate of drug-likeness (QED) is 0.263. The number of benzene rings is 3. The monoisotopic (exact) mass is 530 g/mol. The van der Waals surface area contributed by atoms with Crippen LogP contribution >= 0.6 is 0 Å². The van der Waals surface area contributed by atoms with E-state index in [0.717, 1.165) is 6.07 Å². The predicted molar refractivity (Wildman–Crippen MR) is 143 cm³/mol. The standard InChI is InChI=1S/C29H21F3N4O3/c30-29(31,32)22-16-26(39-18-25(38)34-20-12-6-2-7-13-20)35-28-27(22)23(37)17-24(33-19-10-4-1-5-11-19)36(28)21-14-8-3-9-15-21/h1-17,33H,18H2,(H,34,38). The summed E-state index contributed by atoms with van der Waals surface area (Å²) in [6, 6.07) is 27.7. The van der Waals surface area contributed by atoms with Gasteiger partial charge in [0.25, 0.3) is 5.91 Å². The van der Waals surface area contributed by atoms with Gasteiger partial charge in [-0.15, -0.1) is 0 Å². The third-order valence-electron chi connectivity index (χ3n) is 5.72. The molecule has 5 aromatic rings. The molecule has 0 bridgehead atoms. The van der Waals surface area contributed by atoms with E-state index < -0.39 is 40.9 Å². The second-order valence-corrected chi connectivity index (χ2v) is 8.46. The van der Waals surface area contributed by atoms with Gasteiger partial charge in [-0.2, -0.15) is 18.2 Å². The highest BCUT2D eigenvalue weighted by molar-refractivity contribution is 5.92. The zero-order chi connectivity index (χ0) is 27.4. The lowest BCUT2D eigenvalue weighted by atomic mass is 10.1. The molecule has 0 radical (unpaired) electrons. The van der Waals surface area contributed by atoms with Crippen molar-refractivity contribution < 1.29 is 22.7 Å². The first-order valence-corrected chi connectivity index (χ1v) is 11.8. The van der Waals surface area contributed by atoms with Gasteiger partial charge in [-0.3, -0.25) is 14.2 Å². The third-order valence-corrected chi connectivity index (χ3v) is 5.72. The van der Waals surface area contributed by atoms with Crippen molar-refractivity contribution >= 4 is 34.1 Å². The van der Waals surface area contributed by atoms with Gasteiger partial charge < -0.3 is 15.4 Å². The normalized spacial score (nSPS) is 11.3. The average molecular weight is 531 g/mol. The van der Waals surface area contributed by atoms with Crippen molar-refractivity contribution in [1.29, 1.82) is 0 Å². The smallest absolute Gasteiger partial charge is 0.417 e. The highest BCUT2D eigenvalue weighted by Gasteiger charge is 2.36. The summed E-state index contributed by atoms with van der Waals surface area (Å²) in [5.41, 5.74) is -0.790. The summed E-state index contributed by atoms with van der Waals surface area (Å²) >= 11 is 0. The Morgan fingerprint density at radius 2 is 1.44 bits per heavy atom. The number of hydrogen-bond donors (Lipinski definition) is 2. The first-order chi connectivity index (χ1) is 18.8. The lowest BCUT2D eigenvalue weighted by Crippen LogP contribution is -2.22. The van der Waals surface area contributed by atoms with Gasteiger partial charge in [0.15, 0.2) is 17.7 Å². The minimum absolute atomic E-state index is 0.199. The number of anilines is 3. The molecule has 0 aliphatic heterocycles. The van der Waals surface area contributed by atoms with Crippen molar-refractivity contribution in [2.45, 2.75) is 6.18 Å². The SMILES string of the molecule is O=C(COc1cc(C(F)(F)F)c2c(=O)cc(Nc3ccccc3)n(-c3ccccc3)c2n1)Nc1ccccc1. The van der Waals surface area contributed by atoms with Crippen LogP contribution in [0.2, 0.25) is 0 Å². The Morgan fingerprint density at radius 3 is 2.05 bits per heavy atom. The van der Waals surface area contributed by atoms with Gasteiger partial charge in [0.2, 0.25) is 5.88 Å². The number of nitrogens with one attached hydrogen (secondary N) is 2. The number of halogens is 3. The van der Waals surface area contributed by atoms with Crippen molar-refractivity contribution in [3.8, 4) is 11.6 Å². The van der Waals surface area contributed by atoms with Gasteiger partial charge in [-0.25, -0.2) is 0 Å². The summed E-state index contributed by atoms with van der Waals surface area (Å²) in [6.45, 7) is -0.595. The van der Waals surface area contributed by atoms with Crippen molar-refractivity contribution in [2.75, 3.05) is 17.2 Å². The van der Waals surface area contributed by atoms with Gasteiger partial charge in [0.1, 0.15) is 5.82 Å². The van der Waals surface area contributed by atoms with Crippen LogP contribution in [-0.2, 0) is 11.0 Å². The molecule has 196 valence electrons. The summed E-state index contributed by atoms with van der Waals surface area (Å²) in [6.07, 6.45) is -4.90. The third kappa shape index (κ3) is 5.74. The molecule has 3 aromatic carbocycles. The van der Waals surface area contributed by atoms with Gasteiger partial charge in [-0.05, 0) is 36.4 Å². The Labute approximate surface area is 220 Å². The second-order valence-electron chi connectivity index (χ2n) is 8.46. The number of fused-ring (bicyclic) bond motifs is 1. The summed E-state index contributed by atoms with van der Waals surface area (Å²) in [4.78, 5) is 29.8. The lowest BCUT2D eigenvalue weighted by Gasteiger charge is -2.20. The molecule has 1 amide bonds. The van der Waals surface area contributed by atoms with Crippen LogP contribution in [0.25, 0.3) is 16.7 Å². The molecule has 0 aliphatic carbocycles. The molecule has 2 N–H and O–H groups in total. The Balaban J connectivity index is 1.64. The van der Waals surface area contributed by atoms with E-state index >= 15 is 0 Å². The first kappa shape index (κ1) is 25.5. The minimum atomic E-state index is -4.90. The van der Waals surface area contributed by atoms with Crippen LogP contribution in [0.3, 0.4) is 0 Å². The number of carbonyl (C=O) groups is 1. The van der Waals surface area contributed by atoms with Crippen LogP contribution in [-0.4, -0.2) is 22.1 Å². The number of rotatable bonds is 7. The fraction of sp³-hybridized carbons (Fsp3) is 0.0690. The van der Waals surface area contributed by atoms with E-state index in [4.69, 9.17) is 4.74 Å². The van der Waals surface area contributed by atoms with E-state index in [0.29, 0.717) is 23.1 Å². The minimum Gasteiger partial charge on any atom is -0.467 e. The molecule has 10 heteroatoms. The predicted octanol–water partition coefficient (Wildman–Crippen LogP) is 6.17. The van der Waals surface area contributed by atoms with Crippen LogP contribution in [0.4, 0.5) is 30.4 Å². The molecule has 2 heterocycles. The molecule has 0 aliphatic rings. The summed E-state index contributed by atoms with van der Waals surface area (Å²) in [5, 5.41) is 5.07. The number of alkyl halides is 3. The molecule has 0 saturated heterocycles. The molecule has 0 saturated carbocycles. The number of carbonyl (C=O) groups excluding carboxylic acids is 1. The number of pyridine rings is 2. The highest BCUT2D eigenvalue weighted by atomic mass is 19.4. The molecule has 0 spiro atoms. The molecular formula is C29H21F3N4O3. The Morgan fingerprint density at radius 1 is 0.846 bits per heavy atom. The topological polar surface area (TPSA) is 85.2 Å². The van der Waals surface area contributed by atoms with Crippen molar-refractivity contribution in [2.24, 2.45) is 0 Å². The van der Waals surface area contributed by atoms with Crippen LogP contribution in [0.15, 0.2) is 108 Å². The Hall–Kier alpha value is -5.12. The van der Waals surface area contributed by atoms with E-state index in [1.807, 2.05) is 6.07 Å². The van der Waals surface area contributed by atoms with Gasteiger partial charge in [0, 0.05) is 29.2 Å². The number of amides is 1. The van der Waals surface area contributed by atoms with Gasteiger partial charge >= 0.3 is 6.18 Å². The van der Waals surface area contributed by atoms with Crippen molar-refractivity contribution in [3.63, 3.8) is 0 Å². The zero-order valence-electron chi connectivity index (χ0n) is 20.3. The molecule has 0 unspecified atom stereocenters. The Bertz CT molecular complexity index is 1670. The molecule has 0 atom stereocenters. The van der Waals surface area contributed by atoms with Gasteiger partial charge in [-0.1, -0.05) is 54.6 Å². The van der Waals surface area contributed by atoms with E-state index in [2.05, 4.69) is 15.6 Å². The first-order valence-electron chi connectivity index (χ1n) is 11.8. The van der Waals surface area contributed by atoms with Crippen LogP contribution < -0.4 is 20.8 Å². The second kappa shape index (κ2) is 10.7. The van der Waals surface area contributed by atoms with Gasteiger partial charge in [0.05, 0.1) is 10.9 Å². The molecule has 7 nitrogen and oxygen atoms in total. The fourth-order valence-electron chi connectivity index (χ4n) is 4.04.